The number of aromatic nitrogens is 5. The Morgan fingerprint density at radius 1 is 0.738 bits per heavy atom. The van der Waals surface area contributed by atoms with E-state index >= 15 is 0 Å². The standard InChI is InChI=1S/C33H33BrClN5O3.C17H14BrIN2O/c1-33(2)42-28-22(16-27(29(28)43-33)40-13-12-24-30(35)37-18-38-32(24)40)9-5-19-4-8-21-15-25(34)31(39-26(21)14-19)36-17-20-6-10-23(41-3)11-7-20;1-22-14-6-2-11(3-7-14)10-20-17-15(18)8-12-4-5-13(19)9-16(12)21-17/h4,6-8,10-15,18,22,27-29H,5,9,16-17H2,1-3H3,(H,36,39);2-9H,10H2,1H3,(H,20,21)/t22-,27+,28+,29-;/m0./s1. The van der Waals surface area contributed by atoms with Gasteiger partial charge in [0.15, 0.2) is 5.79 Å². The Hall–Kier alpha value is -4.58. The molecule has 2 N–H and O–H groups in total. The topological polar surface area (TPSA) is 117 Å². The fraction of sp³-hybridized carbons (Fsp3) is 0.280. The van der Waals surface area contributed by atoms with E-state index in [9.17, 15) is 0 Å². The summed E-state index contributed by atoms with van der Waals surface area (Å²) < 4.78 is 28.7. The minimum absolute atomic E-state index is 0.0121. The molecule has 4 aromatic carbocycles. The fourth-order valence-corrected chi connectivity index (χ4v) is 10.4. The first kappa shape index (κ1) is 45.6. The average Bonchev–Trinajstić information content (AvgIpc) is 3.98. The van der Waals surface area contributed by atoms with E-state index in [0.717, 1.165) is 89.7 Å². The van der Waals surface area contributed by atoms with Crippen molar-refractivity contribution < 1.29 is 18.9 Å². The van der Waals surface area contributed by atoms with Crippen LogP contribution in [0.3, 0.4) is 0 Å². The Morgan fingerprint density at radius 2 is 1.31 bits per heavy atom. The molecule has 2 aliphatic rings. The molecule has 0 radical (unpaired) electrons. The van der Waals surface area contributed by atoms with Crippen LogP contribution in [-0.4, -0.2) is 56.7 Å². The smallest absolute Gasteiger partial charge is 0.163 e. The van der Waals surface area contributed by atoms with Gasteiger partial charge in [-0.2, -0.15) is 0 Å². The van der Waals surface area contributed by atoms with Gasteiger partial charge in [-0.1, -0.05) is 54.1 Å². The van der Waals surface area contributed by atoms with E-state index in [-0.39, 0.29) is 18.2 Å². The minimum Gasteiger partial charge on any atom is -0.497 e. The number of nitrogens with zero attached hydrogens (tertiary/aromatic N) is 5. The molecule has 15 heteroatoms. The fourth-order valence-electron chi connectivity index (χ4n) is 8.73. The Morgan fingerprint density at radius 3 is 1.92 bits per heavy atom. The van der Waals surface area contributed by atoms with Crippen molar-refractivity contribution in [1.29, 1.82) is 0 Å². The van der Waals surface area contributed by atoms with Gasteiger partial charge in [0, 0.05) is 33.6 Å². The summed E-state index contributed by atoms with van der Waals surface area (Å²) in [5.74, 6) is 3.09. The number of hydrogen-bond acceptors (Lipinski definition) is 10. The lowest BCUT2D eigenvalue weighted by Crippen LogP contribution is -2.27. The van der Waals surface area contributed by atoms with Gasteiger partial charge in [-0.05, 0) is 171 Å². The van der Waals surface area contributed by atoms with Gasteiger partial charge in [-0.25, -0.2) is 19.9 Å². The summed E-state index contributed by atoms with van der Waals surface area (Å²) in [5.41, 5.74) is 6.39. The number of nitrogens with one attached hydrogen (secondary N) is 2. The number of halogens is 4. The normalized spacial score (nSPS) is 18.6. The minimum atomic E-state index is -0.628. The summed E-state index contributed by atoms with van der Waals surface area (Å²) >= 11 is 15.9. The number of pyridine rings is 2. The number of rotatable bonds is 12. The van der Waals surface area contributed by atoms with Crippen LogP contribution in [0.2, 0.25) is 5.15 Å². The first-order valence-electron chi connectivity index (χ1n) is 21.3. The van der Waals surface area contributed by atoms with Crippen LogP contribution in [0.4, 0.5) is 11.6 Å². The second-order valence-corrected chi connectivity index (χ2v) is 20.0. The van der Waals surface area contributed by atoms with Crippen molar-refractivity contribution in [3.05, 3.63) is 150 Å². The summed E-state index contributed by atoms with van der Waals surface area (Å²) in [6.45, 7) is 5.38. The second kappa shape index (κ2) is 19.7. The van der Waals surface area contributed by atoms with Crippen LogP contribution >= 0.6 is 66.1 Å². The Labute approximate surface area is 413 Å². The maximum Gasteiger partial charge on any atom is 0.163 e. The number of aryl methyl sites for hydroxylation is 1. The number of methoxy groups -OCH3 is 2. The monoisotopic (exact) mass is 1130 g/mol. The molecule has 1 saturated heterocycles. The van der Waals surface area contributed by atoms with E-state index in [1.54, 1.807) is 14.2 Å². The molecule has 11 nitrogen and oxygen atoms in total. The largest absolute Gasteiger partial charge is 0.497 e. The Kier molecular flexibility index (Phi) is 13.8. The van der Waals surface area contributed by atoms with Gasteiger partial charge in [-0.15, -0.1) is 0 Å². The van der Waals surface area contributed by atoms with Crippen LogP contribution in [0.5, 0.6) is 11.5 Å². The van der Waals surface area contributed by atoms with Crippen LogP contribution in [0.25, 0.3) is 32.8 Å². The van der Waals surface area contributed by atoms with E-state index in [1.165, 1.54) is 21.0 Å². The molecular weight excluding hydrogens is 1080 g/mol. The molecule has 8 aromatic rings. The van der Waals surface area contributed by atoms with E-state index in [0.29, 0.717) is 24.2 Å². The number of hydrogen-bond donors (Lipinski definition) is 2. The third-order valence-corrected chi connectivity index (χ3v) is 14.2. The lowest BCUT2D eigenvalue weighted by Gasteiger charge is -2.24. The van der Waals surface area contributed by atoms with Gasteiger partial charge < -0.3 is 34.1 Å². The van der Waals surface area contributed by atoms with Crippen molar-refractivity contribution in [2.75, 3.05) is 24.9 Å². The molecule has 0 bridgehead atoms. The second-order valence-electron chi connectivity index (χ2n) is 16.7. The summed E-state index contributed by atoms with van der Waals surface area (Å²) in [7, 11) is 3.35. The van der Waals surface area contributed by atoms with Gasteiger partial charge in [0.25, 0.3) is 0 Å². The third kappa shape index (κ3) is 10.4. The van der Waals surface area contributed by atoms with Crippen molar-refractivity contribution >= 4 is 111 Å². The molecule has 1 saturated carbocycles. The molecule has 0 unspecified atom stereocenters. The quantitative estimate of drug-likeness (QED) is 0.0904. The molecule has 4 aromatic heterocycles. The van der Waals surface area contributed by atoms with Crippen molar-refractivity contribution in [3.8, 4) is 11.5 Å². The molecule has 1 aliphatic heterocycles. The maximum atomic E-state index is 6.49. The molecular formula is C50H47Br2ClIN7O4. The molecule has 65 heavy (non-hydrogen) atoms. The van der Waals surface area contributed by atoms with E-state index in [2.05, 4.69) is 146 Å². The summed E-state index contributed by atoms with van der Waals surface area (Å²) in [5, 5.41) is 10.4. The molecule has 0 amide bonds. The van der Waals surface area contributed by atoms with Crippen LogP contribution in [0.1, 0.15) is 49.4 Å². The van der Waals surface area contributed by atoms with Gasteiger partial charge in [0.2, 0.25) is 0 Å². The summed E-state index contributed by atoms with van der Waals surface area (Å²) in [4.78, 5) is 18.4. The molecule has 1 aliphatic carbocycles. The molecule has 0 spiro atoms. The van der Waals surface area contributed by atoms with Crippen LogP contribution < -0.4 is 20.1 Å². The van der Waals surface area contributed by atoms with E-state index in [4.69, 9.17) is 40.5 Å². The van der Waals surface area contributed by atoms with Crippen LogP contribution in [0.15, 0.2) is 125 Å². The van der Waals surface area contributed by atoms with Gasteiger partial charge >= 0.3 is 0 Å². The van der Waals surface area contributed by atoms with Crippen molar-refractivity contribution in [3.63, 3.8) is 0 Å². The molecule has 5 heterocycles. The van der Waals surface area contributed by atoms with Crippen molar-refractivity contribution in [2.45, 2.75) is 70.2 Å². The zero-order valence-electron chi connectivity index (χ0n) is 36.2. The predicted molar refractivity (Wildman–Crippen MR) is 274 cm³/mol. The van der Waals surface area contributed by atoms with Gasteiger partial charge in [0.05, 0.1) is 51.7 Å². The summed E-state index contributed by atoms with van der Waals surface area (Å²) in [6, 6.07) is 35.2. The lowest BCUT2D eigenvalue weighted by atomic mass is 9.95. The van der Waals surface area contributed by atoms with Gasteiger partial charge in [0.1, 0.15) is 46.4 Å². The molecule has 334 valence electrons. The highest BCUT2D eigenvalue weighted by Gasteiger charge is 2.54. The highest BCUT2D eigenvalue weighted by Crippen LogP contribution is 2.49. The average molecular weight is 1130 g/mol. The zero-order valence-corrected chi connectivity index (χ0v) is 42.3. The summed E-state index contributed by atoms with van der Waals surface area (Å²) in [6.07, 6.45) is 6.38. The van der Waals surface area contributed by atoms with Gasteiger partial charge in [-0.3, -0.25) is 0 Å². The predicted octanol–water partition coefficient (Wildman–Crippen LogP) is 13.0. The molecule has 2 fully saturated rings. The number of benzene rings is 4. The maximum absolute atomic E-state index is 6.49. The SMILES string of the molecule is COc1ccc(CNc2nc3cc(CC[C@H]4C[C@@H](n5ccc6c(Cl)ncnc65)[C@@H]5OC(C)(C)O[C@H]45)ccc3cc2Br)cc1.COc1ccc(CNc2nc3cc(I)ccc3cc2Br)cc1. The first-order chi connectivity index (χ1) is 31.4. The van der Waals surface area contributed by atoms with Crippen molar-refractivity contribution in [2.24, 2.45) is 5.92 Å². The van der Waals surface area contributed by atoms with Crippen LogP contribution in [-0.2, 0) is 29.0 Å². The highest BCUT2D eigenvalue weighted by molar-refractivity contribution is 14.1. The number of anilines is 2. The highest BCUT2D eigenvalue weighted by atomic mass is 127. The third-order valence-electron chi connectivity index (χ3n) is 12.0. The lowest BCUT2D eigenvalue weighted by molar-refractivity contribution is -0.160. The van der Waals surface area contributed by atoms with E-state index in [1.807, 2.05) is 56.3 Å². The number of ether oxygens (including phenoxy) is 4. The molecule has 10 rings (SSSR count). The number of fused-ring (bicyclic) bond motifs is 4. The van der Waals surface area contributed by atoms with E-state index < -0.39 is 5.79 Å². The van der Waals surface area contributed by atoms with Crippen molar-refractivity contribution in [1.82, 2.24) is 24.5 Å². The first-order valence-corrected chi connectivity index (χ1v) is 24.4. The molecule has 4 atom stereocenters. The van der Waals surface area contributed by atoms with Crippen LogP contribution in [0, 0.1) is 9.49 Å². The Balaban J connectivity index is 0.000000203. The zero-order chi connectivity index (χ0) is 45.2. The Bertz CT molecular complexity index is 2980.